The molecule has 0 unspecified atom stereocenters. The van der Waals surface area contributed by atoms with Gasteiger partial charge in [0.2, 0.25) is 5.91 Å². The van der Waals surface area contributed by atoms with Crippen molar-refractivity contribution in [3.8, 4) is 0 Å². The lowest BCUT2D eigenvalue weighted by Crippen LogP contribution is -2.38. The maximum Gasteiger partial charge on any atom is 0.233 e. The monoisotopic (exact) mass is 182 g/mol. The number of rotatable bonds is 6. The summed E-state index contributed by atoms with van der Waals surface area (Å²) in [6, 6.07) is 0. The van der Waals surface area contributed by atoms with Crippen LogP contribution in [0.1, 0.15) is 19.3 Å². The van der Waals surface area contributed by atoms with Gasteiger partial charge in [0.25, 0.3) is 0 Å². The van der Waals surface area contributed by atoms with E-state index >= 15 is 0 Å². The van der Waals surface area contributed by atoms with Gasteiger partial charge in [0.05, 0.1) is 6.54 Å². The molecule has 74 valence electrons. The third-order valence-electron chi connectivity index (χ3n) is 2.39. The quantitative estimate of drug-likeness (QED) is 0.468. The normalized spacial score (nSPS) is 16.3. The van der Waals surface area contributed by atoms with Gasteiger partial charge in [0.15, 0.2) is 0 Å². The van der Waals surface area contributed by atoms with Crippen LogP contribution in [0.5, 0.6) is 0 Å². The number of amides is 1. The Balaban J connectivity index is 1.93. The molecule has 3 nitrogen and oxygen atoms in total. The molecule has 1 aliphatic carbocycles. The zero-order valence-electron chi connectivity index (χ0n) is 8.01. The van der Waals surface area contributed by atoms with Crippen LogP contribution in [-0.2, 0) is 4.79 Å². The topological polar surface area (TPSA) is 41.1 Å². The highest BCUT2D eigenvalue weighted by molar-refractivity contribution is 5.77. The molecular weight excluding hydrogens is 164 g/mol. The van der Waals surface area contributed by atoms with Crippen molar-refractivity contribution in [2.45, 2.75) is 19.3 Å². The summed E-state index contributed by atoms with van der Waals surface area (Å²) in [6.45, 7) is 5.51. The third kappa shape index (κ3) is 4.08. The lowest BCUT2D eigenvalue weighted by molar-refractivity contribution is -0.120. The molecule has 0 aromatic rings. The van der Waals surface area contributed by atoms with Crippen LogP contribution in [-0.4, -0.2) is 25.5 Å². The fraction of sp³-hybridized carbons (Fsp3) is 0.700. The molecule has 1 amide bonds. The maximum absolute atomic E-state index is 11.2. The number of carbonyl (C=O) groups is 1. The molecule has 0 bridgehead atoms. The Bertz CT molecular complexity index is 176. The summed E-state index contributed by atoms with van der Waals surface area (Å²) in [5.74, 6) is 0.831. The van der Waals surface area contributed by atoms with Gasteiger partial charge < -0.3 is 10.6 Å². The number of carbonyl (C=O) groups excluding carboxylic acids is 1. The highest BCUT2D eigenvalue weighted by Gasteiger charge is 2.17. The van der Waals surface area contributed by atoms with E-state index in [9.17, 15) is 4.79 Å². The minimum Gasteiger partial charge on any atom is -0.355 e. The van der Waals surface area contributed by atoms with E-state index in [2.05, 4.69) is 17.2 Å². The molecule has 0 aromatic heterocycles. The Morgan fingerprint density at radius 1 is 1.54 bits per heavy atom. The van der Waals surface area contributed by atoms with E-state index in [0.29, 0.717) is 13.1 Å². The van der Waals surface area contributed by atoms with E-state index in [1.54, 1.807) is 6.08 Å². The molecule has 1 saturated carbocycles. The van der Waals surface area contributed by atoms with Gasteiger partial charge in [-0.15, -0.1) is 6.58 Å². The van der Waals surface area contributed by atoms with Gasteiger partial charge in [-0.25, -0.2) is 0 Å². The second-order valence-electron chi connectivity index (χ2n) is 3.52. The molecule has 0 aromatic carbocycles. The van der Waals surface area contributed by atoms with Crippen LogP contribution in [0.4, 0.5) is 0 Å². The summed E-state index contributed by atoms with van der Waals surface area (Å²) < 4.78 is 0. The summed E-state index contributed by atoms with van der Waals surface area (Å²) in [4.78, 5) is 11.2. The van der Waals surface area contributed by atoms with Crippen molar-refractivity contribution in [3.05, 3.63) is 12.7 Å². The number of hydrogen-bond donors (Lipinski definition) is 2. The molecule has 0 atom stereocenters. The first-order valence-electron chi connectivity index (χ1n) is 4.91. The zero-order valence-corrected chi connectivity index (χ0v) is 8.01. The third-order valence-corrected chi connectivity index (χ3v) is 2.39. The van der Waals surface area contributed by atoms with Crippen LogP contribution in [0, 0.1) is 5.92 Å². The lowest BCUT2D eigenvalue weighted by atomic mass is 9.85. The Labute approximate surface area is 79.6 Å². The molecule has 0 saturated heterocycles. The molecular formula is C10H18N2O. The van der Waals surface area contributed by atoms with E-state index in [1.807, 2.05) is 0 Å². The Hall–Kier alpha value is -0.830. The maximum atomic E-state index is 11.2. The molecule has 0 spiro atoms. The molecule has 13 heavy (non-hydrogen) atoms. The standard InChI is InChI=1S/C10H18N2O/c1-2-6-11-8-10(13)12-7-9-4-3-5-9/h2,9,11H,1,3-8H2,(H,12,13). The van der Waals surface area contributed by atoms with Crippen molar-refractivity contribution >= 4 is 5.91 Å². The fourth-order valence-corrected chi connectivity index (χ4v) is 1.31. The largest absolute Gasteiger partial charge is 0.355 e. The molecule has 1 rings (SSSR count). The summed E-state index contributed by atoms with van der Waals surface area (Å²) >= 11 is 0. The van der Waals surface area contributed by atoms with E-state index in [1.165, 1.54) is 19.3 Å². The smallest absolute Gasteiger partial charge is 0.233 e. The summed E-state index contributed by atoms with van der Waals surface area (Å²) in [5, 5.41) is 5.87. The summed E-state index contributed by atoms with van der Waals surface area (Å²) in [5.41, 5.74) is 0. The van der Waals surface area contributed by atoms with Crippen LogP contribution in [0.2, 0.25) is 0 Å². The average Bonchev–Trinajstić information content (AvgIpc) is 2.02. The van der Waals surface area contributed by atoms with Gasteiger partial charge >= 0.3 is 0 Å². The predicted molar refractivity (Wildman–Crippen MR) is 53.4 cm³/mol. The SMILES string of the molecule is C=CCNCC(=O)NCC1CCC1. The second kappa shape index (κ2) is 5.75. The van der Waals surface area contributed by atoms with Gasteiger partial charge in [0.1, 0.15) is 0 Å². The van der Waals surface area contributed by atoms with Crippen molar-refractivity contribution in [3.63, 3.8) is 0 Å². The van der Waals surface area contributed by atoms with Crippen molar-refractivity contribution < 1.29 is 4.79 Å². The van der Waals surface area contributed by atoms with Gasteiger partial charge in [-0.2, -0.15) is 0 Å². The molecule has 0 heterocycles. The summed E-state index contributed by atoms with van der Waals surface area (Å²) in [7, 11) is 0. The van der Waals surface area contributed by atoms with E-state index < -0.39 is 0 Å². The van der Waals surface area contributed by atoms with Crippen LogP contribution >= 0.6 is 0 Å². The highest BCUT2D eigenvalue weighted by atomic mass is 16.1. The molecule has 2 N–H and O–H groups in total. The van der Waals surface area contributed by atoms with Crippen LogP contribution < -0.4 is 10.6 Å². The predicted octanol–water partition coefficient (Wildman–Crippen LogP) is 0.678. The van der Waals surface area contributed by atoms with Crippen LogP contribution in [0.15, 0.2) is 12.7 Å². The van der Waals surface area contributed by atoms with E-state index in [4.69, 9.17) is 0 Å². The molecule has 3 heteroatoms. The van der Waals surface area contributed by atoms with Crippen molar-refractivity contribution in [2.75, 3.05) is 19.6 Å². The first-order chi connectivity index (χ1) is 6.33. The second-order valence-corrected chi connectivity index (χ2v) is 3.52. The summed E-state index contributed by atoms with van der Waals surface area (Å²) in [6.07, 6.45) is 5.63. The molecule has 0 aliphatic heterocycles. The first kappa shape index (κ1) is 10.3. The Morgan fingerprint density at radius 2 is 2.31 bits per heavy atom. The van der Waals surface area contributed by atoms with E-state index in [-0.39, 0.29) is 5.91 Å². The zero-order chi connectivity index (χ0) is 9.52. The fourth-order valence-electron chi connectivity index (χ4n) is 1.31. The minimum absolute atomic E-state index is 0.0914. The Kier molecular flexibility index (Phi) is 4.54. The van der Waals surface area contributed by atoms with Crippen molar-refractivity contribution in [2.24, 2.45) is 5.92 Å². The van der Waals surface area contributed by atoms with Crippen molar-refractivity contribution in [1.82, 2.24) is 10.6 Å². The van der Waals surface area contributed by atoms with Gasteiger partial charge in [-0.3, -0.25) is 4.79 Å². The number of hydrogen-bond acceptors (Lipinski definition) is 2. The van der Waals surface area contributed by atoms with Gasteiger partial charge in [-0.1, -0.05) is 12.5 Å². The average molecular weight is 182 g/mol. The first-order valence-corrected chi connectivity index (χ1v) is 4.91. The van der Waals surface area contributed by atoms with Gasteiger partial charge in [-0.05, 0) is 18.8 Å². The van der Waals surface area contributed by atoms with Gasteiger partial charge in [0, 0.05) is 13.1 Å². The van der Waals surface area contributed by atoms with Crippen LogP contribution in [0.3, 0.4) is 0 Å². The molecule has 1 fully saturated rings. The van der Waals surface area contributed by atoms with Crippen molar-refractivity contribution in [1.29, 1.82) is 0 Å². The number of nitrogens with one attached hydrogen (secondary N) is 2. The molecule has 0 radical (unpaired) electrons. The Morgan fingerprint density at radius 3 is 2.85 bits per heavy atom. The highest BCUT2D eigenvalue weighted by Crippen LogP contribution is 2.24. The van der Waals surface area contributed by atoms with E-state index in [0.717, 1.165) is 12.5 Å². The lowest BCUT2D eigenvalue weighted by Gasteiger charge is -2.25. The van der Waals surface area contributed by atoms with Crippen LogP contribution in [0.25, 0.3) is 0 Å². The molecule has 1 aliphatic rings. The minimum atomic E-state index is 0.0914.